The Labute approximate surface area is 105 Å². The number of fused-ring (bicyclic) bond motifs is 1. The molecule has 1 aliphatic carbocycles. The molecule has 1 aromatic rings. The lowest BCUT2D eigenvalue weighted by Gasteiger charge is -2.40. The quantitative estimate of drug-likeness (QED) is 0.795. The normalized spacial score (nSPS) is 27.8. The van der Waals surface area contributed by atoms with Crippen molar-refractivity contribution < 1.29 is 0 Å². The smallest absolute Gasteiger partial charge is 0.0685 e. The number of aromatic nitrogens is 2. The van der Waals surface area contributed by atoms with Crippen LogP contribution in [0.4, 0.5) is 0 Å². The van der Waals surface area contributed by atoms with Gasteiger partial charge < -0.3 is 0 Å². The van der Waals surface area contributed by atoms with Crippen LogP contribution in [0.3, 0.4) is 0 Å². The molecule has 1 unspecified atom stereocenters. The summed E-state index contributed by atoms with van der Waals surface area (Å²) in [6, 6.07) is 0. The van der Waals surface area contributed by atoms with E-state index < -0.39 is 0 Å². The number of hydrogen-bond donors (Lipinski definition) is 0. The van der Waals surface area contributed by atoms with Gasteiger partial charge in [-0.15, -0.1) is 0 Å². The van der Waals surface area contributed by atoms with Crippen LogP contribution in [0.1, 0.15) is 52.4 Å². The third kappa shape index (κ3) is 1.69. The predicted molar refractivity (Wildman–Crippen MR) is 70.9 cm³/mol. The molecular formula is C15H24N2. The standard InChI is InChI=1S/C15H24N2/c1-6-15(11(4)5)12(10(2)3)9-13-14(15)17-8-7-16-13/h7-8,10-12H,6,9H2,1-5H3/t12?,15-/m0/s1. The zero-order valence-corrected chi connectivity index (χ0v) is 11.7. The highest BCUT2D eigenvalue weighted by atomic mass is 14.8. The summed E-state index contributed by atoms with van der Waals surface area (Å²) < 4.78 is 0. The van der Waals surface area contributed by atoms with E-state index in [-0.39, 0.29) is 5.41 Å². The lowest BCUT2D eigenvalue weighted by Crippen LogP contribution is -2.39. The van der Waals surface area contributed by atoms with Crippen LogP contribution in [0.25, 0.3) is 0 Å². The summed E-state index contributed by atoms with van der Waals surface area (Å²) in [6.45, 7) is 11.6. The van der Waals surface area contributed by atoms with Crippen LogP contribution in [-0.4, -0.2) is 9.97 Å². The second kappa shape index (κ2) is 4.40. The van der Waals surface area contributed by atoms with E-state index in [1.54, 1.807) is 0 Å². The molecule has 0 amide bonds. The highest BCUT2D eigenvalue weighted by molar-refractivity contribution is 5.32. The van der Waals surface area contributed by atoms with E-state index >= 15 is 0 Å². The van der Waals surface area contributed by atoms with Crippen molar-refractivity contribution in [1.29, 1.82) is 0 Å². The van der Waals surface area contributed by atoms with Crippen LogP contribution in [0.2, 0.25) is 0 Å². The summed E-state index contributed by atoms with van der Waals surface area (Å²) in [5.74, 6) is 2.00. The van der Waals surface area contributed by atoms with Crippen molar-refractivity contribution >= 4 is 0 Å². The minimum absolute atomic E-state index is 0.234. The average molecular weight is 232 g/mol. The number of rotatable bonds is 3. The zero-order valence-electron chi connectivity index (χ0n) is 11.7. The average Bonchev–Trinajstić information content (AvgIpc) is 2.64. The lowest BCUT2D eigenvalue weighted by atomic mass is 9.63. The lowest BCUT2D eigenvalue weighted by molar-refractivity contribution is 0.154. The Hall–Kier alpha value is -0.920. The topological polar surface area (TPSA) is 25.8 Å². The first-order valence-electron chi connectivity index (χ1n) is 6.84. The van der Waals surface area contributed by atoms with Gasteiger partial charge in [0, 0.05) is 17.8 Å². The van der Waals surface area contributed by atoms with Gasteiger partial charge in [0.05, 0.1) is 11.4 Å². The van der Waals surface area contributed by atoms with Gasteiger partial charge in [-0.05, 0) is 30.6 Å². The van der Waals surface area contributed by atoms with E-state index in [9.17, 15) is 0 Å². The third-order valence-electron chi connectivity index (χ3n) is 4.71. The first-order valence-corrected chi connectivity index (χ1v) is 6.84. The fraction of sp³-hybridized carbons (Fsp3) is 0.733. The highest BCUT2D eigenvalue weighted by Crippen LogP contribution is 2.51. The number of nitrogens with zero attached hydrogens (tertiary/aromatic N) is 2. The molecule has 2 heteroatoms. The molecule has 0 fully saturated rings. The van der Waals surface area contributed by atoms with Crippen LogP contribution in [0.15, 0.2) is 12.4 Å². The van der Waals surface area contributed by atoms with E-state index in [1.165, 1.54) is 17.8 Å². The van der Waals surface area contributed by atoms with Crippen molar-refractivity contribution in [2.75, 3.05) is 0 Å². The molecule has 94 valence electrons. The van der Waals surface area contributed by atoms with E-state index in [0.29, 0.717) is 17.8 Å². The van der Waals surface area contributed by atoms with Crippen molar-refractivity contribution in [3.8, 4) is 0 Å². The largest absolute Gasteiger partial charge is 0.258 e. The molecule has 1 aliphatic rings. The fourth-order valence-electron chi connectivity index (χ4n) is 3.84. The molecule has 0 saturated carbocycles. The molecule has 0 bridgehead atoms. The van der Waals surface area contributed by atoms with E-state index in [2.05, 4.69) is 44.6 Å². The maximum atomic E-state index is 4.68. The Balaban J connectivity index is 2.57. The van der Waals surface area contributed by atoms with Crippen molar-refractivity contribution in [3.05, 3.63) is 23.8 Å². The zero-order chi connectivity index (χ0) is 12.6. The van der Waals surface area contributed by atoms with Crippen LogP contribution in [0.5, 0.6) is 0 Å². The summed E-state index contributed by atoms with van der Waals surface area (Å²) >= 11 is 0. The molecule has 2 rings (SSSR count). The third-order valence-corrected chi connectivity index (χ3v) is 4.71. The molecular weight excluding hydrogens is 208 g/mol. The minimum Gasteiger partial charge on any atom is -0.258 e. The second-order valence-electron chi connectivity index (χ2n) is 5.95. The van der Waals surface area contributed by atoms with Gasteiger partial charge in [0.2, 0.25) is 0 Å². The van der Waals surface area contributed by atoms with Gasteiger partial charge in [-0.2, -0.15) is 0 Å². The molecule has 0 aromatic carbocycles. The number of hydrogen-bond acceptors (Lipinski definition) is 2. The van der Waals surface area contributed by atoms with Gasteiger partial charge in [-0.3, -0.25) is 9.97 Å². The maximum absolute atomic E-state index is 4.68. The molecule has 0 N–H and O–H groups in total. The Bertz CT molecular complexity index is 398. The summed E-state index contributed by atoms with van der Waals surface area (Å²) in [6.07, 6.45) is 5.96. The van der Waals surface area contributed by atoms with Crippen molar-refractivity contribution in [2.45, 2.75) is 52.9 Å². The SMILES string of the molecule is CC[C@@]1(C(C)C)c2nccnc2CC1C(C)C. The predicted octanol–water partition coefficient (Wildman–Crippen LogP) is 3.61. The van der Waals surface area contributed by atoms with Crippen LogP contribution >= 0.6 is 0 Å². The van der Waals surface area contributed by atoms with E-state index in [1.807, 2.05) is 12.4 Å². The Kier molecular flexibility index (Phi) is 3.24. The monoisotopic (exact) mass is 232 g/mol. The molecule has 2 atom stereocenters. The van der Waals surface area contributed by atoms with Gasteiger partial charge in [-0.1, -0.05) is 34.6 Å². The fourth-order valence-corrected chi connectivity index (χ4v) is 3.84. The van der Waals surface area contributed by atoms with Crippen LogP contribution in [0, 0.1) is 17.8 Å². The Morgan fingerprint density at radius 1 is 1.24 bits per heavy atom. The van der Waals surface area contributed by atoms with Crippen molar-refractivity contribution in [1.82, 2.24) is 9.97 Å². The van der Waals surface area contributed by atoms with Crippen molar-refractivity contribution in [2.24, 2.45) is 17.8 Å². The van der Waals surface area contributed by atoms with E-state index in [0.717, 1.165) is 6.42 Å². The molecule has 0 saturated heterocycles. The summed E-state index contributed by atoms with van der Waals surface area (Å²) in [4.78, 5) is 9.23. The summed E-state index contributed by atoms with van der Waals surface area (Å²) in [7, 11) is 0. The maximum Gasteiger partial charge on any atom is 0.0685 e. The van der Waals surface area contributed by atoms with Crippen molar-refractivity contribution in [3.63, 3.8) is 0 Å². The molecule has 0 spiro atoms. The van der Waals surface area contributed by atoms with Gasteiger partial charge in [0.15, 0.2) is 0 Å². The highest BCUT2D eigenvalue weighted by Gasteiger charge is 2.50. The Morgan fingerprint density at radius 3 is 2.41 bits per heavy atom. The first-order chi connectivity index (χ1) is 8.04. The summed E-state index contributed by atoms with van der Waals surface area (Å²) in [5, 5.41) is 0. The molecule has 2 nitrogen and oxygen atoms in total. The first kappa shape index (κ1) is 12.5. The van der Waals surface area contributed by atoms with Gasteiger partial charge in [0.1, 0.15) is 0 Å². The molecule has 0 aliphatic heterocycles. The molecule has 1 heterocycles. The van der Waals surface area contributed by atoms with Crippen LogP contribution < -0.4 is 0 Å². The van der Waals surface area contributed by atoms with E-state index in [4.69, 9.17) is 0 Å². The molecule has 17 heavy (non-hydrogen) atoms. The van der Waals surface area contributed by atoms with Gasteiger partial charge >= 0.3 is 0 Å². The van der Waals surface area contributed by atoms with Crippen LogP contribution in [-0.2, 0) is 11.8 Å². The summed E-state index contributed by atoms with van der Waals surface area (Å²) in [5.41, 5.74) is 2.75. The second-order valence-corrected chi connectivity index (χ2v) is 5.95. The molecule has 1 aromatic heterocycles. The Morgan fingerprint density at radius 2 is 1.88 bits per heavy atom. The molecule has 0 radical (unpaired) electrons. The minimum atomic E-state index is 0.234. The van der Waals surface area contributed by atoms with Gasteiger partial charge in [0.25, 0.3) is 0 Å². The van der Waals surface area contributed by atoms with Gasteiger partial charge in [-0.25, -0.2) is 0 Å².